The van der Waals surface area contributed by atoms with Crippen molar-refractivity contribution in [3.8, 4) is 0 Å². The zero-order valence-electron chi connectivity index (χ0n) is 23.6. The number of amides is 3. The van der Waals surface area contributed by atoms with Crippen LogP contribution in [0.5, 0.6) is 0 Å². The molecule has 0 radical (unpaired) electrons. The van der Waals surface area contributed by atoms with Crippen LogP contribution in [0, 0.1) is 0 Å². The number of halogens is 3. The third kappa shape index (κ3) is 8.39. The molecule has 0 spiro atoms. The molecule has 0 heterocycles. The Hall–Kier alpha value is -5.35. The predicted octanol–water partition coefficient (Wildman–Crippen LogP) is 8.00. The Bertz CT molecular complexity index is 1890. The maximum Gasteiger partial charge on any atom is 0.416 e. The molecule has 0 fully saturated rings. The van der Waals surface area contributed by atoms with E-state index in [0.29, 0.717) is 16.1 Å². The molecule has 5 aromatic carbocycles. The number of anilines is 2. The summed E-state index contributed by atoms with van der Waals surface area (Å²) < 4.78 is 39.0. The number of benzene rings is 5. The highest BCUT2D eigenvalue weighted by molar-refractivity contribution is 8.00. The van der Waals surface area contributed by atoms with Crippen molar-refractivity contribution >= 4 is 57.7 Å². The highest BCUT2D eigenvalue weighted by atomic mass is 32.2. The van der Waals surface area contributed by atoms with Gasteiger partial charge in [0.15, 0.2) is 0 Å². The average molecular weight is 626 g/mol. The summed E-state index contributed by atoms with van der Waals surface area (Å²) in [6.45, 7) is 0. The maximum absolute atomic E-state index is 13.6. The molecule has 0 aromatic heterocycles. The van der Waals surface area contributed by atoms with Crippen LogP contribution >= 0.6 is 11.8 Å². The van der Waals surface area contributed by atoms with Crippen LogP contribution in [0.3, 0.4) is 0 Å². The normalized spacial score (nSPS) is 11.6. The van der Waals surface area contributed by atoms with E-state index in [9.17, 15) is 27.6 Å². The van der Waals surface area contributed by atoms with Crippen LogP contribution in [0.2, 0.25) is 0 Å². The number of carbonyl (C=O) groups excluding carboxylic acids is 3. The summed E-state index contributed by atoms with van der Waals surface area (Å²) in [5.74, 6) is -1.57. The van der Waals surface area contributed by atoms with Gasteiger partial charge in [-0.15, -0.1) is 11.8 Å². The first-order valence-corrected chi connectivity index (χ1v) is 14.7. The summed E-state index contributed by atoms with van der Waals surface area (Å²) in [5, 5.41) is 9.91. The van der Waals surface area contributed by atoms with Crippen molar-refractivity contribution in [2.75, 3.05) is 16.4 Å². The number of fused-ring (bicyclic) bond motifs is 1. The Balaban J connectivity index is 1.31. The summed E-state index contributed by atoms with van der Waals surface area (Å²) in [6.07, 6.45) is -2.90. The van der Waals surface area contributed by atoms with Gasteiger partial charge in [0, 0.05) is 21.8 Å². The van der Waals surface area contributed by atoms with Gasteiger partial charge in [0.1, 0.15) is 5.70 Å². The number of hydrogen-bond donors (Lipinski definition) is 3. The van der Waals surface area contributed by atoms with Crippen molar-refractivity contribution < 1.29 is 27.6 Å². The van der Waals surface area contributed by atoms with Gasteiger partial charge in [0.05, 0.1) is 11.3 Å². The molecule has 3 amide bonds. The molecule has 5 aromatic rings. The molecule has 0 aliphatic carbocycles. The molecule has 0 saturated heterocycles. The van der Waals surface area contributed by atoms with Crippen molar-refractivity contribution in [2.45, 2.75) is 11.1 Å². The molecule has 0 aliphatic heterocycles. The highest BCUT2D eigenvalue weighted by Gasteiger charge is 2.30. The van der Waals surface area contributed by atoms with E-state index in [1.54, 1.807) is 60.7 Å². The maximum atomic E-state index is 13.6. The first-order chi connectivity index (χ1) is 21.7. The Morgan fingerprint density at radius 3 is 2.16 bits per heavy atom. The number of nitrogens with one attached hydrogen (secondary N) is 3. The molecule has 0 unspecified atom stereocenters. The highest BCUT2D eigenvalue weighted by Crippen LogP contribution is 2.31. The van der Waals surface area contributed by atoms with Gasteiger partial charge in [-0.25, -0.2) is 0 Å². The molecule has 45 heavy (non-hydrogen) atoms. The minimum atomic E-state index is -4.52. The summed E-state index contributed by atoms with van der Waals surface area (Å²) in [7, 11) is 0. The lowest BCUT2D eigenvalue weighted by Gasteiger charge is -2.13. The van der Waals surface area contributed by atoms with Gasteiger partial charge in [0.25, 0.3) is 11.8 Å². The third-order valence-corrected chi connectivity index (χ3v) is 7.58. The largest absolute Gasteiger partial charge is 0.416 e. The molecule has 226 valence electrons. The van der Waals surface area contributed by atoms with E-state index in [0.717, 1.165) is 40.2 Å². The van der Waals surface area contributed by atoms with Gasteiger partial charge in [0.2, 0.25) is 5.91 Å². The first-order valence-electron chi connectivity index (χ1n) is 13.7. The minimum Gasteiger partial charge on any atom is -0.325 e. The summed E-state index contributed by atoms with van der Waals surface area (Å²) in [5.41, 5.74) is 0.753. The second-order valence-corrected chi connectivity index (χ2v) is 10.9. The van der Waals surface area contributed by atoms with E-state index in [1.165, 1.54) is 12.1 Å². The lowest BCUT2D eigenvalue weighted by Crippen LogP contribution is -2.30. The standard InChI is InChI=1S/C35H26F3N3O3S/c36-35(37,38)26-14-7-15-27(20-26)39-32(42)22-45-29-17-8-16-28(21-29)40-34(44)31(41-33(43)24-10-2-1-3-11-24)19-25-13-6-12-23-9-4-5-18-30(23)25/h1-21H,22H2,(H,39,42)(H,40,44)(H,41,43)/b31-19+. The quantitative estimate of drug-likeness (QED) is 0.114. The fourth-order valence-corrected chi connectivity index (χ4v) is 5.21. The number of alkyl halides is 3. The third-order valence-electron chi connectivity index (χ3n) is 6.59. The van der Waals surface area contributed by atoms with E-state index in [-0.39, 0.29) is 17.1 Å². The zero-order chi connectivity index (χ0) is 31.8. The predicted molar refractivity (Wildman–Crippen MR) is 172 cm³/mol. The van der Waals surface area contributed by atoms with E-state index >= 15 is 0 Å². The van der Waals surface area contributed by atoms with Crippen molar-refractivity contribution in [1.82, 2.24) is 5.32 Å². The molecular formula is C35H26F3N3O3S. The number of thioether (sulfide) groups is 1. The van der Waals surface area contributed by atoms with Crippen molar-refractivity contribution in [2.24, 2.45) is 0 Å². The van der Waals surface area contributed by atoms with Crippen LogP contribution in [0.4, 0.5) is 24.5 Å². The topological polar surface area (TPSA) is 87.3 Å². The second-order valence-electron chi connectivity index (χ2n) is 9.84. The summed E-state index contributed by atoms with van der Waals surface area (Å²) in [6, 6.07) is 33.1. The van der Waals surface area contributed by atoms with Gasteiger partial charge in [-0.3, -0.25) is 14.4 Å². The molecule has 0 aliphatic rings. The lowest BCUT2D eigenvalue weighted by atomic mass is 10.0. The van der Waals surface area contributed by atoms with E-state index in [4.69, 9.17) is 0 Å². The number of hydrogen-bond acceptors (Lipinski definition) is 4. The fraction of sp³-hybridized carbons (Fsp3) is 0.0571. The first kappa shape index (κ1) is 31.1. The van der Waals surface area contributed by atoms with E-state index in [2.05, 4.69) is 16.0 Å². The average Bonchev–Trinajstić information content (AvgIpc) is 3.04. The number of carbonyl (C=O) groups is 3. The Morgan fingerprint density at radius 2 is 1.38 bits per heavy atom. The van der Waals surface area contributed by atoms with E-state index in [1.807, 2.05) is 42.5 Å². The minimum absolute atomic E-state index is 0.0266. The van der Waals surface area contributed by atoms with E-state index < -0.39 is 29.5 Å². The van der Waals surface area contributed by atoms with Crippen LogP contribution in [-0.2, 0) is 15.8 Å². The van der Waals surface area contributed by atoms with Gasteiger partial charge in [-0.05, 0) is 70.9 Å². The molecule has 0 bridgehead atoms. The van der Waals surface area contributed by atoms with Gasteiger partial charge >= 0.3 is 6.18 Å². The molecule has 0 atom stereocenters. The van der Waals surface area contributed by atoms with Crippen LogP contribution in [0.1, 0.15) is 21.5 Å². The van der Waals surface area contributed by atoms with Gasteiger partial charge in [-0.2, -0.15) is 13.2 Å². The molecule has 3 N–H and O–H groups in total. The molecule has 10 heteroatoms. The molecule has 0 saturated carbocycles. The fourth-order valence-electron chi connectivity index (χ4n) is 4.46. The van der Waals surface area contributed by atoms with Gasteiger partial charge in [-0.1, -0.05) is 72.8 Å². The summed E-state index contributed by atoms with van der Waals surface area (Å²) >= 11 is 1.15. The lowest BCUT2D eigenvalue weighted by molar-refractivity contribution is -0.137. The van der Waals surface area contributed by atoms with Crippen molar-refractivity contribution in [1.29, 1.82) is 0 Å². The van der Waals surface area contributed by atoms with Gasteiger partial charge < -0.3 is 16.0 Å². The van der Waals surface area contributed by atoms with Crippen LogP contribution in [-0.4, -0.2) is 23.5 Å². The Kier molecular flexibility index (Phi) is 9.64. The van der Waals surface area contributed by atoms with Crippen molar-refractivity contribution in [3.63, 3.8) is 0 Å². The van der Waals surface area contributed by atoms with Crippen LogP contribution in [0.15, 0.2) is 132 Å². The Labute approximate surface area is 261 Å². The molecular weight excluding hydrogens is 599 g/mol. The summed E-state index contributed by atoms with van der Waals surface area (Å²) in [4.78, 5) is 39.7. The Morgan fingerprint density at radius 1 is 0.711 bits per heavy atom. The molecule has 6 nitrogen and oxygen atoms in total. The van der Waals surface area contributed by atoms with Crippen molar-refractivity contribution in [3.05, 3.63) is 144 Å². The zero-order valence-corrected chi connectivity index (χ0v) is 24.4. The van der Waals surface area contributed by atoms with Crippen LogP contribution in [0.25, 0.3) is 16.8 Å². The number of rotatable bonds is 9. The SMILES string of the molecule is O=C(CSc1cccc(NC(=O)/C(=C\c2cccc3ccccc23)NC(=O)c2ccccc2)c1)Nc1cccc(C(F)(F)F)c1. The molecule has 5 rings (SSSR count). The second kappa shape index (κ2) is 14.0. The van der Waals surface area contributed by atoms with Crippen LogP contribution < -0.4 is 16.0 Å². The monoisotopic (exact) mass is 625 g/mol. The smallest absolute Gasteiger partial charge is 0.325 e.